The number of carbonyl (C=O) groups excluding carboxylic acids is 1. The number of unbranched alkanes of at least 4 members (excludes halogenated alkanes) is 19. The van der Waals surface area contributed by atoms with Crippen molar-refractivity contribution in [2.45, 2.75) is 299 Å². The molecule has 2 aliphatic rings. The Morgan fingerprint density at radius 1 is 0.416 bits per heavy atom. The molecule has 2 saturated heterocycles. The molecule has 9 N–H and O–H groups in total. The third-order valence-corrected chi connectivity index (χ3v) is 15.8. The first-order valence-corrected chi connectivity index (χ1v) is 34.6. The van der Waals surface area contributed by atoms with Gasteiger partial charge in [-0.1, -0.05) is 256 Å². The maximum atomic E-state index is 13.3. The predicted octanol–water partition coefficient (Wildman–Crippen LogP) is 14.1. The number of hydrogen-bond acceptors (Lipinski definition) is 13. The van der Waals surface area contributed by atoms with Crippen molar-refractivity contribution in [1.82, 2.24) is 5.32 Å². The van der Waals surface area contributed by atoms with Gasteiger partial charge in [-0.25, -0.2) is 0 Å². The molecule has 2 rings (SSSR count). The molecule has 14 nitrogen and oxygen atoms in total. The lowest BCUT2D eigenvalue weighted by molar-refractivity contribution is -0.359. The number of allylic oxidation sites excluding steroid dienone is 23. The minimum atomic E-state index is -1.80. The number of rotatable bonds is 54. The standard InChI is InChI=1S/C75H123NO13/c1-3-5-7-9-11-13-15-17-19-20-21-22-23-24-25-26-27-28-29-30-31-32-33-34-35-36-37-38-39-40-41-42-43-44-45-47-49-51-53-55-57-59-67(80)76-63(64(79)58-56-54-52-50-48-46-18-16-14-12-10-8-6-4-2)62-86-74-72(85)70(83)73(66(61-78)88-74)89-75-71(84)69(82)68(81)65(60-77)87-75/h5,7,11,13,17,19,21-22,24-25,27-28,30-31,33-34,36-37,39-40,48,50,56,58,63-66,68-75,77-79,81-85H,3-4,6,8-10,12,14-16,18,20,23,26,29,32,35,38,41-47,49,51-55,57,59-62H2,1-2H3,(H,76,80)/b7-5-,13-11-,19-17-,22-21-,25-24-,28-27-,31-30-,34-33-,37-36-,40-39-,50-48+,58-56+. The van der Waals surface area contributed by atoms with Crippen molar-refractivity contribution in [3.63, 3.8) is 0 Å². The number of aliphatic hydroxyl groups excluding tert-OH is 8. The zero-order valence-electron chi connectivity index (χ0n) is 54.9. The molecular formula is C75H123NO13. The monoisotopic (exact) mass is 1250 g/mol. The van der Waals surface area contributed by atoms with E-state index in [2.05, 4.69) is 153 Å². The molecule has 0 radical (unpaired) electrons. The largest absolute Gasteiger partial charge is 0.394 e. The summed E-state index contributed by atoms with van der Waals surface area (Å²) in [4.78, 5) is 13.3. The Hall–Kier alpha value is -4.13. The number of ether oxygens (including phenoxy) is 4. The van der Waals surface area contributed by atoms with Crippen molar-refractivity contribution in [3.05, 3.63) is 146 Å². The van der Waals surface area contributed by atoms with Crippen molar-refractivity contribution in [3.8, 4) is 0 Å². The van der Waals surface area contributed by atoms with Gasteiger partial charge in [-0.3, -0.25) is 4.79 Å². The van der Waals surface area contributed by atoms with E-state index in [-0.39, 0.29) is 18.9 Å². The Morgan fingerprint density at radius 3 is 1.24 bits per heavy atom. The van der Waals surface area contributed by atoms with E-state index in [4.69, 9.17) is 18.9 Å². The topological polar surface area (TPSA) is 228 Å². The molecule has 0 spiro atoms. The van der Waals surface area contributed by atoms with Crippen LogP contribution in [0.1, 0.15) is 226 Å². The minimum Gasteiger partial charge on any atom is -0.394 e. The second kappa shape index (κ2) is 57.7. The summed E-state index contributed by atoms with van der Waals surface area (Å²) < 4.78 is 22.8. The normalized spacial score (nSPS) is 24.0. The van der Waals surface area contributed by atoms with Crippen molar-refractivity contribution in [1.29, 1.82) is 0 Å². The molecule has 506 valence electrons. The Morgan fingerprint density at radius 2 is 0.787 bits per heavy atom. The summed E-state index contributed by atoms with van der Waals surface area (Å²) in [7, 11) is 0. The van der Waals surface area contributed by atoms with E-state index in [1.54, 1.807) is 6.08 Å². The molecule has 0 aromatic rings. The highest BCUT2D eigenvalue weighted by Crippen LogP contribution is 2.30. The maximum Gasteiger partial charge on any atom is 0.220 e. The fraction of sp³-hybridized carbons (Fsp3) is 0.667. The summed E-state index contributed by atoms with van der Waals surface area (Å²) in [6.07, 6.45) is 70.5. The number of nitrogens with one attached hydrogen (secondary N) is 1. The van der Waals surface area contributed by atoms with Crippen LogP contribution in [0.5, 0.6) is 0 Å². The molecule has 12 unspecified atom stereocenters. The van der Waals surface area contributed by atoms with Gasteiger partial charge in [0.1, 0.15) is 48.8 Å². The lowest BCUT2D eigenvalue weighted by atomic mass is 9.97. The number of aliphatic hydroxyl groups is 8. The summed E-state index contributed by atoms with van der Waals surface area (Å²) in [6, 6.07) is -0.943. The van der Waals surface area contributed by atoms with E-state index in [0.29, 0.717) is 12.8 Å². The number of amides is 1. The average molecular weight is 1250 g/mol. The SMILES string of the molecule is CC/C=C\C/C=C\C/C=C\C/C=C\C/C=C\C/C=C\C/C=C\C/C=C\C/C=C\C/C=C\CCCCCCCCCCCCC(=O)NC(COC1OC(CO)C(OC2OC(CO)C(O)C(O)C2O)C(O)C1O)C(O)/C=C/CC/C=C/CCCCCCCCCC. The van der Waals surface area contributed by atoms with E-state index in [1.165, 1.54) is 89.9 Å². The van der Waals surface area contributed by atoms with Crippen LogP contribution < -0.4 is 5.32 Å². The van der Waals surface area contributed by atoms with Gasteiger partial charge in [-0.15, -0.1) is 0 Å². The van der Waals surface area contributed by atoms with Gasteiger partial charge in [0.2, 0.25) is 5.91 Å². The molecule has 2 heterocycles. The molecule has 0 aromatic heterocycles. The quantitative estimate of drug-likeness (QED) is 0.0204. The molecule has 0 bridgehead atoms. The Kier molecular flexibility index (Phi) is 52.5. The molecule has 0 saturated carbocycles. The van der Waals surface area contributed by atoms with Crippen LogP contribution in [0, 0.1) is 0 Å². The van der Waals surface area contributed by atoms with Crippen LogP contribution in [0.2, 0.25) is 0 Å². The van der Waals surface area contributed by atoms with Gasteiger partial charge >= 0.3 is 0 Å². The van der Waals surface area contributed by atoms with E-state index in [1.807, 2.05) is 6.08 Å². The van der Waals surface area contributed by atoms with Crippen LogP contribution in [0.3, 0.4) is 0 Å². The first kappa shape index (κ1) is 81.0. The van der Waals surface area contributed by atoms with E-state index in [0.717, 1.165) is 103 Å². The molecule has 0 aliphatic carbocycles. The average Bonchev–Trinajstić information content (AvgIpc) is 2.74. The van der Waals surface area contributed by atoms with Crippen LogP contribution in [0.15, 0.2) is 146 Å². The zero-order valence-corrected chi connectivity index (χ0v) is 54.9. The summed E-state index contributed by atoms with van der Waals surface area (Å²) in [5.74, 6) is -0.260. The number of carbonyl (C=O) groups is 1. The highest BCUT2D eigenvalue weighted by Gasteiger charge is 2.51. The van der Waals surface area contributed by atoms with Gasteiger partial charge in [-0.2, -0.15) is 0 Å². The minimum absolute atomic E-state index is 0.259. The van der Waals surface area contributed by atoms with Gasteiger partial charge in [-0.05, 0) is 109 Å². The van der Waals surface area contributed by atoms with Crippen molar-refractivity contribution >= 4 is 5.91 Å². The predicted molar refractivity (Wildman–Crippen MR) is 364 cm³/mol. The second-order valence-corrected chi connectivity index (χ2v) is 23.6. The summed E-state index contributed by atoms with van der Waals surface area (Å²) in [5.41, 5.74) is 0. The molecular weight excluding hydrogens is 1120 g/mol. The molecule has 12 atom stereocenters. The van der Waals surface area contributed by atoms with Gasteiger partial charge in [0, 0.05) is 6.42 Å². The fourth-order valence-electron chi connectivity index (χ4n) is 10.3. The third kappa shape index (κ3) is 41.9. The third-order valence-electron chi connectivity index (χ3n) is 15.8. The van der Waals surface area contributed by atoms with Crippen molar-refractivity contribution in [2.24, 2.45) is 0 Å². The lowest BCUT2D eigenvalue weighted by Crippen LogP contribution is -2.65. The fourth-order valence-corrected chi connectivity index (χ4v) is 10.3. The Balaban J connectivity index is 1.62. The smallest absolute Gasteiger partial charge is 0.220 e. The van der Waals surface area contributed by atoms with Crippen molar-refractivity contribution in [2.75, 3.05) is 19.8 Å². The number of hydrogen-bond donors (Lipinski definition) is 9. The molecule has 2 fully saturated rings. The lowest BCUT2D eigenvalue weighted by Gasteiger charge is -2.46. The molecule has 89 heavy (non-hydrogen) atoms. The van der Waals surface area contributed by atoms with Crippen LogP contribution in [0.4, 0.5) is 0 Å². The van der Waals surface area contributed by atoms with Gasteiger partial charge < -0.3 is 65.1 Å². The van der Waals surface area contributed by atoms with E-state index in [9.17, 15) is 45.6 Å². The van der Waals surface area contributed by atoms with Crippen LogP contribution in [0.25, 0.3) is 0 Å². The Labute approximate surface area is 538 Å². The van der Waals surface area contributed by atoms with E-state index >= 15 is 0 Å². The van der Waals surface area contributed by atoms with E-state index < -0.39 is 86.8 Å². The highest BCUT2D eigenvalue weighted by molar-refractivity contribution is 5.76. The molecule has 2 aliphatic heterocycles. The second-order valence-electron chi connectivity index (χ2n) is 23.6. The first-order valence-electron chi connectivity index (χ1n) is 34.6. The molecule has 1 amide bonds. The molecule has 0 aromatic carbocycles. The van der Waals surface area contributed by atoms with Crippen LogP contribution >= 0.6 is 0 Å². The zero-order chi connectivity index (χ0) is 64.5. The van der Waals surface area contributed by atoms with Gasteiger partial charge in [0.15, 0.2) is 12.6 Å². The Bertz CT molecular complexity index is 2050. The maximum absolute atomic E-state index is 13.3. The summed E-state index contributed by atoms with van der Waals surface area (Å²) in [5, 5.41) is 87.2. The summed E-state index contributed by atoms with van der Waals surface area (Å²) >= 11 is 0. The van der Waals surface area contributed by atoms with Crippen molar-refractivity contribution < 1.29 is 64.6 Å². The summed E-state index contributed by atoms with van der Waals surface area (Å²) in [6.45, 7) is 2.64. The van der Waals surface area contributed by atoms with Gasteiger partial charge in [0.25, 0.3) is 0 Å². The van der Waals surface area contributed by atoms with Crippen LogP contribution in [-0.2, 0) is 23.7 Å². The first-order chi connectivity index (χ1) is 43.6. The molecule has 14 heteroatoms. The highest BCUT2D eigenvalue weighted by atomic mass is 16.7. The van der Waals surface area contributed by atoms with Gasteiger partial charge in [0.05, 0.1) is 32.0 Å². The van der Waals surface area contributed by atoms with Crippen LogP contribution in [-0.4, -0.2) is 140 Å².